The number of ether oxygens (including phenoxy) is 3. The summed E-state index contributed by atoms with van der Waals surface area (Å²) in [5.41, 5.74) is 0.0916. The van der Waals surface area contributed by atoms with Crippen LogP contribution in [0.4, 0.5) is 0 Å². The van der Waals surface area contributed by atoms with Crippen LogP contribution >= 0.6 is 0 Å². The summed E-state index contributed by atoms with van der Waals surface area (Å²) in [6.07, 6.45) is 57.0. The van der Waals surface area contributed by atoms with Gasteiger partial charge in [-0.3, -0.25) is 14.4 Å². The second-order valence-electron chi connectivity index (χ2n) is 23.2. The first-order chi connectivity index (χ1) is 32.7. The summed E-state index contributed by atoms with van der Waals surface area (Å²) in [5.74, 6) is -0.0796. The Labute approximate surface area is 423 Å². The standard InChI is InChI=1S/C61H115NO6/c1-60(2,3)54-66-57(63)50-45-41-37-33-29-25-21-17-13-9-11-15-19-23-27-31-35-39-43-48-56(68-59(65)52-47-53-62(7)8)49-44-40-36-32-28-24-20-16-12-10-14-18-22-26-30-34-38-42-46-51-58(64)67-55-61(4,5)6/h9-10,13-14,56H,11-12,15-55H2,1-8H3/b13-9-,14-10-. The third-order valence-electron chi connectivity index (χ3n) is 12.7. The quantitative estimate of drug-likeness (QED) is 0.0260. The molecule has 0 aromatic carbocycles. The van der Waals surface area contributed by atoms with E-state index in [0.717, 1.165) is 51.5 Å². The lowest BCUT2D eigenvalue weighted by Gasteiger charge is -2.18. The molecule has 0 aliphatic carbocycles. The minimum atomic E-state index is -0.0399. The SMILES string of the molecule is CN(C)CCCC(=O)OC(CCCCCCCCCC/C=C\CCCCCCCCCC(=O)OCC(C)(C)C)CCCCCCCCCC/C=C\CCCCCCCCCC(=O)OCC(C)(C)C. The van der Waals surface area contributed by atoms with Crippen molar-refractivity contribution < 1.29 is 28.6 Å². The van der Waals surface area contributed by atoms with Gasteiger partial charge in [0.05, 0.1) is 13.2 Å². The number of hydrogen-bond acceptors (Lipinski definition) is 7. The normalized spacial score (nSPS) is 12.3. The van der Waals surface area contributed by atoms with Crippen molar-refractivity contribution >= 4 is 17.9 Å². The number of esters is 3. The lowest BCUT2D eigenvalue weighted by Crippen LogP contribution is -2.20. The summed E-state index contributed by atoms with van der Waals surface area (Å²) in [5, 5.41) is 0. The molecule has 0 rings (SSSR count). The van der Waals surface area contributed by atoms with Crippen molar-refractivity contribution in [3.05, 3.63) is 24.3 Å². The van der Waals surface area contributed by atoms with E-state index >= 15 is 0 Å². The van der Waals surface area contributed by atoms with Crippen LogP contribution in [0.15, 0.2) is 24.3 Å². The number of unbranched alkanes of at least 4 members (excludes halogenated alkanes) is 30. The highest BCUT2D eigenvalue weighted by Gasteiger charge is 2.16. The topological polar surface area (TPSA) is 82.1 Å². The Bertz CT molecular complexity index is 1120. The van der Waals surface area contributed by atoms with E-state index in [1.807, 2.05) is 0 Å². The molecule has 0 aliphatic rings. The predicted molar refractivity (Wildman–Crippen MR) is 292 cm³/mol. The molecule has 68 heavy (non-hydrogen) atoms. The van der Waals surface area contributed by atoms with Gasteiger partial charge in [-0.1, -0.05) is 207 Å². The number of carbonyl (C=O) groups is 3. The Morgan fingerprint density at radius 2 is 0.632 bits per heavy atom. The Balaban J connectivity index is 3.83. The summed E-state index contributed by atoms with van der Waals surface area (Å²) < 4.78 is 16.8. The second kappa shape index (κ2) is 47.2. The van der Waals surface area contributed by atoms with Crippen molar-refractivity contribution in [3.63, 3.8) is 0 Å². The second-order valence-corrected chi connectivity index (χ2v) is 23.2. The number of nitrogens with zero attached hydrogens (tertiary/aromatic N) is 1. The van der Waals surface area contributed by atoms with Gasteiger partial charge in [0.15, 0.2) is 0 Å². The van der Waals surface area contributed by atoms with Gasteiger partial charge in [0.1, 0.15) is 6.10 Å². The fraction of sp³-hybridized carbons (Fsp3) is 0.885. The van der Waals surface area contributed by atoms with Crippen LogP contribution < -0.4 is 0 Å². The first kappa shape index (κ1) is 65.8. The van der Waals surface area contributed by atoms with Gasteiger partial charge in [-0.05, 0) is 128 Å². The molecule has 0 saturated heterocycles. The van der Waals surface area contributed by atoms with E-state index in [4.69, 9.17) is 14.2 Å². The number of carbonyl (C=O) groups excluding carboxylic acids is 3. The molecule has 0 unspecified atom stereocenters. The highest BCUT2D eigenvalue weighted by molar-refractivity contribution is 5.70. The molecular weight excluding hydrogens is 843 g/mol. The van der Waals surface area contributed by atoms with Gasteiger partial charge in [-0.25, -0.2) is 0 Å². The molecule has 0 amide bonds. The van der Waals surface area contributed by atoms with Crippen molar-refractivity contribution in [3.8, 4) is 0 Å². The molecule has 0 radical (unpaired) electrons. The number of hydrogen-bond donors (Lipinski definition) is 0. The van der Waals surface area contributed by atoms with E-state index < -0.39 is 0 Å². The van der Waals surface area contributed by atoms with Crippen molar-refractivity contribution in [1.29, 1.82) is 0 Å². The fourth-order valence-corrected chi connectivity index (χ4v) is 8.48. The van der Waals surface area contributed by atoms with Crippen LogP contribution in [0.25, 0.3) is 0 Å². The molecular formula is C61H115NO6. The predicted octanol–water partition coefficient (Wildman–Crippen LogP) is 18.4. The van der Waals surface area contributed by atoms with E-state index in [1.165, 1.54) is 193 Å². The summed E-state index contributed by atoms with van der Waals surface area (Å²) in [4.78, 5) is 38.5. The lowest BCUT2D eigenvalue weighted by atomic mass is 9.99. The van der Waals surface area contributed by atoms with E-state index in [-0.39, 0.29) is 34.8 Å². The third kappa shape index (κ3) is 54.8. The first-order valence-electron chi connectivity index (χ1n) is 29.1. The van der Waals surface area contributed by atoms with E-state index in [1.54, 1.807) is 0 Å². The zero-order valence-electron chi connectivity index (χ0n) is 46.7. The van der Waals surface area contributed by atoms with Gasteiger partial charge >= 0.3 is 17.9 Å². The fourth-order valence-electron chi connectivity index (χ4n) is 8.48. The van der Waals surface area contributed by atoms with E-state index in [2.05, 4.69) is 84.8 Å². The van der Waals surface area contributed by atoms with Gasteiger partial charge in [0, 0.05) is 19.3 Å². The summed E-state index contributed by atoms with van der Waals surface area (Å²) >= 11 is 0. The molecule has 0 bridgehead atoms. The molecule has 0 atom stereocenters. The van der Waals surface area contributed by atoms with Gasteiger partial charge < -0.3 is 19.1 Å². The van der Waals surface area contributed by atoms with Gasteiger partial charge in [-0.2, -0.15) is 0 Å². The first-order valence-corrected chi connectivity index (χ1v) is 29.1. The van der Waals surface area contributed by atoms with Crippen LogP contribution in [-0.4, -0.2) is 62.8 Å². The smallest absolute Gasteiger partial charge is 0.306 e. The molecule has 7 nitrogen and oxygen atoms in total. The number of rotatable bonds is 49. The van der Waals surface area contributed by atoms with Gasteiger partial charge in [0.25, 0.3) is 0 Å². The van der Waals surface area contributed by atoms with Crippen LogP contribution in [0.2, 0.25) is 0 Å². The average Bonchev–Trinajstić information content (AvgIpc) is 3.27. The maximum Gasteiger partial charge on any atom is 0.306 e. The van der Waals surface area contributed by atoms with Gasteiger partial charge in [0.2, 0.25) is 0 Å². The van der Waals surface area contributed by atoms with Crippen LogP contribution in [0.5, 0.6) is 0 Å². The zero-order valence-corrected chi connectivity index (χ0v) is 46.7. The lowest BCUT2D eigenvalue weighted by molar-refractivity contribution is -0.150. The van der Waals surface area contributed by atoms with Crippen LogP contribution in [0.1, 0.15) is 298 Å². The molecule has 0 heterocycles. The van der Waals surface area contributed by atoms with Crippen molar-refractivity contribution in [2.24, 2.45) is 10.8 Å². The molecule has 400 valence electrons. The Morgan fingerprint density at radius 3 is 0.926 bits per heavy atom. The average molecular weight is 959 g/mol. The van der Waals surface area contributed by atoms with Crippen LogP contribution in [-0.2, 0) is 28.6 Å². The van der Waals surface area contributed by atoms with E-state index in [0.29, 0.717) is 32.5 Å². The Morgan fingerprint density at radius 1 is 0.368 bits per heavy atom. The molecule has 0 aromatic heterocycles. The molecule has 0 aliphatic heterocycles. The van der Waals surface area contributed by atoms with Crippen LogP contribution in [0.3, 0.4) is 0 Å². The maximum absolute atomic E-state index is 12.7. The van der Waals surface area contributed by atoms with Crippen molar-refractivity contribution in [1.82, 2.24) is 4.90 Å². The molecule has 0 spiro atoms. The minimum absolute atomic E-state index is 0.000184. The monoisotopic (exact) mass is 958 g/mol. The molecule has 0 N–H and O–H groups in total. The zero-order chi connectivity index (χ0) is 50.2. The number of allylic oxidation sites excluding steroid dienone is 4. The highest BCUT2D eigenvalue weighted by Crippen LogP contribution is 2.20. The van der Waals surface area contributed by atoms with Crippen molar-refractivity contribution in [2.75, 3.05) is 33.9 Å². The summed E-state index contributed by atoms with van der Waals surface area (Å²) in [6, 6.07) is 0. The summed E-state index contributed by atoms with van der Waals surface area (Å²) in [6.45, 7) is 14.5. The summed E-state index contributed by atoms with van der Waals surface area (Å²) in [7, 11) is 4.12. The molecule has 0 aromatic rings. The van der Waals surface area contributed by atoms with Gasteiger partial charge in [-0.15, -0.1) is 0 Å². The van der Waals surface area contributed by atoms with E-state index in [9.17, 15) is 14.4 Å². The molecule has 0 saturated carbocycles. The molecule has 7 heteroatoms. The van der Waals surface area contributed by atoms with Crippen molar-refractivity contribution in [2.45, 2.75) is 304 Å². The third-order valence-corrected chi connectivity index (χ3v) is 12.7. The largest absolute Gasteiger partial charge is 0.465 e. The Kier molecular flexibility index (Phi) is 45.7. The van der Waals surface area contributed by atoms with Crippen LogP contribution in [0, 0.1) is 10.8 Å². The highest BCUT2D eigenvalue weighted by atomic mass is 16.5. The minimum Gasteiger partial charge on any atom is -0.465 e. The molecule has 0 fully saturated rings. The maximum atomic E-state index is 12.7. The Hall–Kier alpha value is -2.15.